The third-order valence-electron chi connectivity index (χ3n) is 5.59. The van der Waals surface area contributed by atoms with Gasteiger partial charge in [-0.15, -0.1) is 0 Å². The molecule has 9 heteroatoms. The molecule has 0 radical (unpaired) electrons. The molecule has 0 unspecified atom stereocenters. The van der Waals surface area contributed by atoms with Crippen LogP contribution in [0.5, 0.6) is 5.75 Å². The number of amides is 2. The number of benzene rings is 2. The van der Waals surface area contributed by atoms with Crippen LogP contribution in [0.4, 0.5) is 5.69 Å². The lowest BCUT2D eigenvalue weighted by Gasteiger charge is -2.29. The molecule has 0 saturated heterocycles. The molecule has 8 nitrogen and oxygen atoms in total. The Kier molecular flexibility index (Phi) is 11.0. The van der Waals surface area contributed by atoms with E-state index in [1.807, 2.05) is 44.2 Å². The summed E-state index contributed by atoms with van der Waals surface area (Å²) >= 11 is 0. The minimum Gasteiger partial charge on any atom is -0.494 e. The van der Waals surface area contributed by atoms with Gasteiger partial charge >= 0.3 is 0 Å². The molecule has 192 valence electrons. The summed E-state index contributed by atoms with van der Waals surface area (Å²) in [6.45, 7) is 6.99. The fraction of sp³-hybridized carbons (Fsp3) is 0.462. The van der Waals surface area contributed by atoms with Gasteiger partial charge in [0.1, 0.15) is 11.8 Å². The van der Waals surface area contributed by atoms with Gasteiger partial charge in [-0.05, 0) is 63.4 Å². The standard InChI is InChI=1S/C26H37N3O5S/c1-5-27-26(31)21(3)28(20-18-22-11-8-7-9-12-22)25(30)13-10-19-29(35(4,32)33)23-14-16-24(17-15-23)34-6-2/h7-9,11-12,14-17,21H,5-6,10,13,18-20H2,1-4H3,(H,27,31)/t21-/m1/s1. The molecule has 0 fully saturated rings. The van der Waals surface area contributed by atoms with Crippen molar-refractivity contribution in [2.75, 3.05) is 36.8 Å². The van der Waals surface area contributed by atoms with Gasteiger partial charge in [-0.3, -0.25) is 13.9 Å². The Bertz CT molecular complexity index is 1040. The minimum absolute atomic E-state index is 0.127. The molecule has 0 spiro atoms. The summed E-state index contributed by atoms with van der Waals surface area (Å²) in [4.78, 5) is 27.2. The molecule has 1 atom stereocenters. The van der Waals surface area contributed by atoms with E-state index in [0.29, 0.717) is 44.0 Å². The summed E-state index contributed by atoms with van der Waals surface area (Å²) in [5, 5.41) is 2.78. The van der Waals surface area contributed by atoms with Crippen LogP contribution in [0.25, 0.3) is 0 Å². The first-order valence-electron chi connectivity index (χ1n) is 12.0. The first-order valence-corrected chi connectivity index (χ1v) is 13.8. The van der Waals surface area contributed by atoms with E-state index in [1.165, 1.54) is 4.31 Å². The molecule has 0 saturated carbocycles. The maximum absolute atomic E-state index is 13.2. The van der Waals surface area contributed by atoms with E-state index in [-0.39, 0.29) is 24.8 Å². The van der Waals surface area contributed by atoms with E-state index in [4.69, 9.17) is 4.74 Å². The van der Waals surface area contributed by atoms with Crippen LogP contribution in [0, 0.1) is 0 Å². The Morgan fingerprint density at radius 2 is 1.66 bits per heavy atom. The average molecular weight is 504 g/mol. The second kappa shape index (κ2) is 13.7. The van der Waals surface area contributed by atoms with Crippen molar-refractivity contribution in [3.05, 3.63) is 60.2 Å². The molecule has 2 aromatic carbocycles. The third-order valence-corrected chi connectivity index (χ3v) is 6.78. The van der Waals surface area contributed by atoms with Gasteiger partial charge in [-0.1, -0.05) is 30.3 Å². The number of rotatable bonds is 14. The number of nitrogens with zero attached hydrogens (tertiary/aromatic N) is 2. The minimum atomic E-state index is -3.54. The molecule has 0 heterocycles. The number of sulfonamides is 1. The van der Waals surface area contributed by atoms with Crippen molar-refractivity contribution < 1.29 is 22.7 Å². The zero-order valence-electron chi connectivity index (χ0n) is 21.1. The van der Waals surface area contributed by atoms with Crippen molar-refractivity contribution >= 4 is 27.5 Å². The normalized spacial score (nSPS) is 12.0. The predicted octanol–water partition coefficient (Wildman–Crippen LogP) is 3.23. The second-order valence-corrected chi connectivity index (χ2v) is 10.2. The molecule has 1 N–H and O–H groups in total. The molecule has 0 aliphatic carbocycles. The molecule has 2 amide bonds. The van der Waals surface area contributed by atoms with Crippen molar-refractivity contribution in [3.8, 4) is 5.75 Å². The average Bonchev–Trinajstić information content (AvgIpc) is 2.83. The molecule has 0 aromatic heterocycles. The van der Waals surface area contributed by atoms with Gasteiger partial charge in [0.25, 0.3) is 0 Å². The first kappa shape index (κ1) is 28.2. The SMILES string of the molecule is CCNC(=O)[C@@H](C)N(CCc1ccccc1)C(=O)CCCN(c1ccc(OCC)cc1)S(C)(=O)=O. The van der Waals surface area contributed by atoms with Crippen LogP contribution >= 0.6 is 0 Å². The lowest BCUT2D eigenvalue weighted by molar-refractivity contribution is -0.139. The highest BCUT2D eigenvalue weighted by Crippen LogP contribution is 2.22. The smallest absolute Gasteiger partial charge is 0.242 e. The maximum Gasteiger partial charge on any atom is 0.242 e. The Morgan fingerprint density at radius 3 is 2.23 bits per heavy atom. The van der Waals surface area contributed by atoms with Crippen molar-refractivity contribution in [2.24, 2.45) is 0 Å². The van der Waals surface area contributed by atoms with Gasteiger partial charge in [-0.25, -0.2) is 8.42 Å². The summed E-state index contributed by atoms with van der Waals surface area (Å²) in [7, 11) is -3.54. The largest absolute Gasteiger partial charge is 0.494 e. The number of hydrogen-bond acceptors (Lipinski definition) is 5. The number of nitrogens with one attached hydrogen (secondary N) is 1. The van der Waals surface area contributed by atoms with Crippen LogP contribution in [0.3, 0.4) is 0 Å². The van der Waals surface area contributed by atoms with Gasteiger partial charge in [0.05, 0.1) is 18.6 Å². The van der Waals surface area contributed by atoms with Crippen molar-refractivity contribution in [1.29, 1.82) is 0 Å². The molecule has 0 bridgehead atoms. The number of anilines is 1. The molecule has 2 aromatic rings. The Labute approximate surface area is 209 Å². The summed E-state index contributed by atoms with van der Waals surface area (Å²) in [6, 6.07) is 16.0. The van der Waals surface area contributed by atoms with Crippen molar-refractivity contribution in [1.82, 2.24) is 10.2 Å². The van der Waals surface area contributed by atoms with Crippen LogP contribution in [0.15, 0.2) is 54.6 Å². The van der Waals surface area contributed by atoms with Crippen molar-refractivity contribution in [3.63, 3.8) is 0 Å². The van der Waals surface area contributed by atoms with Gasteiger partial charge in [0, 0.05) is 26.1 Å². The number of hydrogen-bond donors (Lipinski definition) is 1. The van der Waals surface area contributed by atoms with E-state index in [2.05, 4.69) is 5.32 Å². The predicted molar refractivity (Wildman–Crippen MR) is 139 cm³/mol. The number of carbonyl (C=O) groups excluding carboxylic acids is 2. The molecular weight excluding hydrogens is 466 g/mol. The summed E-state index contributed by atoms with van der Waals surface area (Å²) in [6.07, 6.45) is 2.22. The fourth-order valence-electron chi connectivity index (χ4n) is 3.77. The molecule has 0 aliphatic rings. The summed E-state index contributed by atoms with van der Waals surface area (Å²) < 4.78 is 31.6. The summed E-state index contributed by atoms with van der Waals surface area (Å²) in [5.74, 6) is 0.272. The molecule has 35 heavy (non-hydrogen) atoms. The fourth-order valence-corrected chi connectivity index (χ4v) is 4.74. The Hall–Kier alpha value is -3.07. The van der Waals surface area contributed by atoms with E-state index in [9.17, 15) is 18.0 Å². The molecule has 2 rings (SSSR count). The van der Waals surface area contributed by atoms with Crippen LogP contribution in [-0.2, 0) is 26.0 Å². The number of carbonyl (C=O) groups is 2. The number of ether oxygens (including phenoxy) is 1. The van der Waals surface area contributed by atoms with Crippen LogP contribution in [0.1, 0.15) is 39.2 Å². The van der Waals surface area contributed by atoms with Crippen molar-refractivity contribution in [2.45, 2.75) is 46.1 Å². The van der Waals surface area contributed by atoms with E-state index in [0.717, 1.165) is 11.8 Å². The van der Waals surface area contributed by atoms with E-state index in [1.54, 1.807) is 36.1 Å². The monoisotopic (exact) mass is 503 g/mol. The van der Waals surface area contributed by atoms with Gasteiger partial charge in [0.15, 0.2) is 0 Å². The Morgan fingerprint density at radius 1 is 1.00 bits per heavy atom. The topological polar surface area (TPSA) is 96.0 Å². The molecule has 0 aliphatic heterocycles. The number of likely N-dealkylation sites (N-methyl/N-ethyl adjacent to an activating group) is 1. The van der Waals surface area contributed by atoms with E-state index >= 15 is 0 Å². The van der Waals surface area contributed by atoms with Gasteiger partial charge in [-0.2, -0.15) is 0 Å². The van der Waals surface area contributed by atoms with Crippen LogP contribution < -0.4 is 14.4 Å². The molecular formula is C26H37N3O5S. The lowest BCUT2D eigenvalue weighted by atomic mass is 10.1. The highest BCUT2D eigenvalue weighted by Gasteiger charge is 2.26. The van der Waals surface area contributed by atoms with Crippen LogP contribution in [0.2, 0.25) is 0 Å². The van der Waals surface area contributed by atoms with E-state index < -0.39 is 16.1 Å². The zero-order chi connectivity index (χ0) is 25.8. The van der Waals surface area contributed by atoms with Gasteiger partial charge < -0.3 is 15.0 Å². The van der Waals surface area contributed by atoms with Gasteiger partial charge in [0.2, 0.25) is 21.8 Å². The first-order chi connectivity index (χ1) is 16.7. The summed E-state index contributed by atoms with van der Waals surface area (Å²) in [5.41, 5.74) is 1.59. The second-order valence-electron chi connectivity index (χ2n) is 8.26. The highest BCUT2D eigenvalue weighted by atomic mass is 32.2. The third kappa shape index (κ3) is 8.90. The Balaban J connectivity index is 2.08. The maximum atomic E-state index is 13.2. The van der Waals surface area contributed by atoms with Crippen LogP contribution in [-0.4, -0.2) is 63.7 Å². The quantitative estimate of drug-likeness (QED) is 0.427. The zero-order valence-corrected chi connectivity index (χ0v) is 21.9. The highest BCUT2D eigenvalue weighted by molar-refractivity contribution is 7.92. The lowest BCUT2D eigenvalue weighted by Crippen LogP contribution is -2.48.